The molecule has 3 heteroatoms. The van der Waals surface area contributed by atoms with Crippen LogP contribution in [0.25, 0.3) is 0 Å². The van der Waals surface area contributed by atoms with Gasteiger partial charge in [-0.15, -0.1) is 0 Å². The van der Waals surface area contributed by atoms with Crippen molar-refractivity contribution >= 4 is 0 Å². The summed E-state index contributed by atoms with van der Waals surface area (Å²) in [6.07, 6.45) is 5.87. The van der Waals surface area contributed by atoms with Gasteiger partial charge >= 0.3 is 0 Å². The Kier molecular flexibility index (Phi) is 2.32. The van der Waals surface area contributed by atoms with E-state index >= 15 is 0 Å². The van der Waals surface area contributed by atoms with E-state index in [0.29, 0.717) is 6.61 Å². The molecular formula is C9H13NO2. The highest BCUT2D eigenvalue weighted by atomic mass is 16.5. The van der Waals surface area contributed by atoms with Gasteiger partial charge in [-0.2, -0.15) is 0 Å². The molecule has 1 fully saturated rings. The Labute approximate surface area is 72.3 Å². The molecule has 0 spiro atoms. The first kappa shape index (κ1) is 7.68. The number of allylic oxidation sites excluding steroid dienone is 1. The van der Waals surface area contributed by atoms with E-state index in [1.807, 2.05) is 6.08 Å². The number of hydrogen-bond acceptors (Lipinski definition) is 3. The molecule has 1 saturated heterocycles. The summed E-state index contributed by atoms with van der Waals surface area (Å²) in [4.78, 5) is 2.32. The van der Waals surface area contributed by atoms with Gasteiger partial charge in [0, 0.05) is 18.8 Å². The second-order valence-corrected chi connectivity index (χ2v) is 2.86. The normalized spacial score (nSPS) is 23.3. The van der Waals surface area contributed by atoms with Gasteiger partial charge in [-0.25, -0.2) is 0 Å². The number of ether oxygens (including phenoxy) is 2. The van der Waals surface area contributed by atoms with E-state index in [2.05, 4.69) is 11.0 Å². The molecule has 0 amide bonds. The first-order chi connectivity index (χ1) is 5.97. The highest BCUT2D eigenvalue weighted by Gasteiger charge is 2.12. The molecule has 0 saturated carbocycles. The van der Waals surface area contributed by atoms with Crippen LogP contribution >= 0.6 is 0 Å². The Hall–Kier alpha value is -0.960. The second kappa shape index (κ2) is 3.63. The molecule has 0 radical (unpaired) electrons. The van der Waals surface area contributed by atoms with Crippen LogP contribution in [0.5, 0.6) is 0 Å². The summed E-state index contributed by atoms with van der Waals surface area (Å²) in [6.45, 7) is 4.37. The van der Waals surface area contributed by atoms with Crippen molar-refractivity contribution in [1.82, 2.24) is 4.90 Å². The molecular weight excluding hydrogens is 154 g/mol. The predicted octanol–water partition coefficient (Wildman–Crippen LogP) is 0.746. The molecule has 0 bridgehead atoms. The maximum atomic E-state index is 5.27. The molecule has 0 aromatic heterocycles. The zero-order valence-electron chi connectivity index (χ0n) is 7.03. The van der Waals surface area contributed by atoms with Gasteiger partial charge in [-0.05, 0) is 12.2 Å². The van der Waals surface area contributed by atoms with Gasteiger partial charge < -0.3 is 14.4 Å². The van der Waals surface area contributed by atoms with E-state index in [-0.39, 0.29) is 0 Å². The Morgan fingerprint density at radius 2 is 2.08 bits per heavy atom. The van der Waals surface area contributed by atoms with Crippen molar-refractivity contribution in [1.29, 1.82) is 0 Å². The number of hydrogen-bond donors (Lipinski definition) is 0. The summed E-state index contributed by atoms with van der Waals surface area (Å²) in [5.41, 5.74) is 1.27. The summed E-state index contributed by atoms with van der Waals surface area (Å²) in [6, 6.07) is 0. The third-order valence-electron chi connectivity index (χ3n) is 2.10. The van der Waals surface area contributed by atoms with Crippen LogP contribution in [0.1, 0.15) is 0 Å². The van der Waals surface area contributed by atoms with E-state index in [1.165, 1.54) is 5.70 Å². The van der Waals surface area contributed by atoms with Crippen LogP contribution < -0.4 is 0 Å². The average Bonchev–Trinajstić information content (AvgIpc) is 2.21. The molecule has 66 valence electrons. The van der Waals surface area contributed by atoms with E-state index in [1.54, 1.807) is 6.26 Å². The molecule has 0 atom stereocenters. The van der Waals surface area contributed by atoms with Crippen molar-refractivity contribution in [2.45, 2.75) is 0 Å². The first-order valence-electron chi connectivity index (χ1n) is 4.28. The zero-order chi connectivity index (χ0) is 8.23. The summed E-state index contributed by atoms with van der Waals surface area (Å²) in [5.74, 6) is 0. The van der Waals surface area contributed by atoms with Crippen LogP contribution in [0.4, 0.5) is 0 Å². The lowest BCUT2D eigenvalue weighted by atomic mass is 10.3. The van der Waals surface area contributed by atoms with Gasteiger partial charge in [0.15, 0.2) is 0 Å². The molecule has 0 N–H and O–H groups in total. The SMILES string of the molecule is C1=CC(N2CCOCC2)=CCO1. The summed E-state index contributed by atoms with van der Waals surface area (Å²) in [7, 11) is 0. The van der Waals surface area contributed by atoms with Crippen LogP contribution in [0, 0.1) is 0 Å². The number of nitrogens with zero attached hydrogens (tertiary/aromatic N) is 1. The first-order valence-corrected chi connectivity index (χ1v) is 4.28. The minimum Gasteiger partial charge on any atom is -0.497 e. The topological polar surface area (TPSA) is 21.7 Å². The van der Waals surface area contributed by atoms with Crippen molar-refractivity contribution in [2.75, 3.05) is 32.9 Å². The lowest BCUT2D eigenvalue weighted by molar-refractivity contribution is 0.0543. The van der Waals surface area contributed by atoms with Crippen LogP contribution in [0.3, 0.4) is 0 Å². The fraction of sp³-hybridized carbons (Fsp3) is 0.556. The molecule has 2 rings (SSSR count). The van der Waals surface area contributed by atoms with Gasteiger partial charge in [-0.1, -0.05) is 0 Å². The smallest absolute Gasteiger partial charge is 0.108 e. The molecule has 0 unspecified atom stereocenters. The van der Waals surface area contributed by atoms with Gasteiger partial charge in [0.25, 0.3) is 0 Å². The van der Waals surface area contributed by atoms with Crippen LogP contribution in [0.2, 0.25) is 0 Å². The molecule has 12 heavy (non-hydrogen) atoms. The van der Waals surface area contributed by atoms with Crippen molar-refractivity contribution in [3.05, 3.63) is 24.1 Å². The highest BCUT2D eigenvalue weighted by molar-refractivity contribution is 5.19. The van der Waals surface area contributed by atoms with Gasteiger partial charge in [0.2, 0.25) is 0 Å². The minimum atomic E-state index is 0.698. The minimum absolute atomic E-state index is 0.698. The number of morpholine rings is 1. The molecule has 2 aliphatic heterocycles. The van der Waals surface area contributed by atoms with E-state index in [0.717, 1.165) is 26.3 Å². The maximum Gasteiger partial charge on any atom is 0.108 e. The Balaban J connectivity index is 1.97. The molecule has 0 aliphatic carbocycles. The Morgan fingerprint density at radius 3 is 2.75 bits per heavy atom. The lowest BCUT2D eigenvalue weighted by Crippen LogP contribution is -2.35. The highest BCUT2D eigenvalue weighted by Crippen LogP contribution is 2.11. The molecule has 0 aromatic carbocycles. The summed E-state index contributed by atoms with van der Waals surface area (Å²) < 4.78 is 10.3. The van der Waals surface area contributed by atoms with Gasteiger partial charge in [0.1, 0.15) is 6.61 Å². The lowest BCUT2D eigenvalue weighted by Gasteiger charge is -2.30. The fourth-order valence-corrected chi connectivity index (χ4v) is 1.43. The van der Waals surface area contributed by atoms with Crippen molar-refractivity contribution in [3.8, 4) is 0 Å². The summed E-state index contributed by atoms with van der Waals surface area (Å²) >= 11 is 0. The molecule has 0 aromatic rings. The van der Waals surface area contributed by atoms with E-state index < -0.39 is 0 Å². The zero-order valence-corrected chi connectivity index (χ0v) is 7.03. The molecule has 2 aliphatic rings. The van der Waals surface area contributed by atoms with Crippen LogP contribution in [-0.2, 0) is 9.47 Å². The monoisotopic (exact) mass is 167 g/mol. The standard InChI is InChI=1S/C9H13NO2/c1-5-11-6-2-9(1)10-3-7-12-8-4-10/h1-2,5H,3-4,6-8H2. The predicted molar refractivity (Wildman–Crippen MR) is 45.6 cm³/mol. The van der Waals surface area contributed by atoms with Crippen LogP contribution in [0.15, 0.2) is 24.1 Å². The van der Waals surface area contributed by atoms with Crippen molar-refractivity contribution < 1.29 is 9.47 Å². The average molecular weight is 167 g/mol. The third kappa shape index (κ3) is 1.61. The summed E-state index contributed by atoms with van der Waals surface area (Å²) in [5, 5.41) is 0. The van der Waals surface area contributed by atoms with Crippen molar-refractivity contribution in [2.24, 2.45) is 0 Å². The third-order valence-corrected chi connectivity index (χ3v) is 2.10. The van der Waals surface area contributed by atoms with E-state index in [4.69, 9.17) is 9.47 Å². The van der Waals surface area contributed by atoms with Crippen molar-refractivity contribution in [3.63, 3.8) is 0 Å². The largest absolute Gasteiger partial charge is 0.497 e. The van der Waals surface area contributed by atoms with Crippen LogP contribution in [-0.4, -0.2) is 37.8 Å². The maximum absolute atomic E-state index is 5.27. The fourth-order valence-electron chi connectivity index (χ4n) is 1.43. The van der Waals surface area contributed by atoms with Gasteiger partial charge in [0.05, 0.1) is 19.5 Å². The Morgan fingerprint density at radius 1 is 1.25 bits per heavy atom. The van der Waals surface area contributed by atoms with E-state index in [9.17, 15) is 0 Å². The van der Waals surface area contributed by atoms with Gasteiger partial charge in [-0.3, -0.25) is 0 Å². The molecule has 2 heterocycles. The quantitative estimate of drug-likeness (QED) is 0.575. The molecule has 3 nitrogen and oxygen atoms in total. The Bertz CT molecular complexity index is 205. The number of rotatable bonds is 1. The second-order valence-electron chi connectivity index (χ2n) is 2.86.